The molecule has 0 saturated heterocycles. The zero-order valence-corrected chi connectivity index (χ0v) is 13.9. The minimum atomic E-state index is -0.560. The highest BCUT2D eigenvalue weighted by Gasteiger charge is 2.45. The summed E-state index contributed by atoms with van der Waals surface area (Å²) in [5.41, 5.74) is 6.46. The van der Waals surface area contributed by atoms with Gasteiger partial charge in [-0.2, -0.15) is 0 Å². The van der Waals surface area contributed by atoms with Crippen LogP contribution < -0.4 is 11.1 Å². The highest BCUT2D eigenvalue weighted by Crippen LogP contribution is 2.46. The second-order valence-electron chi connectivity index (χ2n) is 6.87. The van der Waals surface area contributed by atoms with Crippen molar-refractivity contribution < 1.29 is 14.6 Å². The number of rotatable bonds is 3. The second-order valence-corrected chi connectivity index (χ2v) is 7.28. The van der Waals surface area contributed by atoms with Crippen LogP contribution in [0.4, 0.5) is 10.5 Å². The predicted molar refractivity (Wildman–Crippen MR) is 87.3 cm³/mol. The van der Waals surface area contributed by atoms with E-state index in [9.17, 15) is 9.90 Å². The third-order valence-corrected chi connectivity index (χ3v) is 4.16. The van der Waals surface area contributed by atoms with Gasteiger partial charge in [-0.1, -0.05) is 11.6 Å². The normalized spacial score (nSPS) is 24.5. The predicted octanol–water partition coefficient (Wildman–Crippen LogP) is 3.04. The monoisotopic (exact) mass is 326 g/mol. The third-order valence-electron chi connectivity index (χ3n) is 3.83. The number of halogens is 1. The van der Waals surface area contributed by atoms with Crippen LogP contribution in [0.25, 0.3) is 0 Å². The van der Waals surface area contributed by atoms with E-state index in [1.54, 1.807) is 32.9 Å². The topological polar surface area (TPSA) is 84.6 Å². The van der Waals surface area contributed by atoms with Crippen molar-refractivity contribution in [2.45, 2.75) is 50.7 Å². The Hall–Kier alpha value is -1.30. The van der Waals surface area contributed by atoms with Gasteiger partial charge in [0.1, 0.15) is 5.60 Å². The van der Waals surface area contributed by atoms with E-state index in [1.165, 1.54) is 0 Å². The van der Waals surface area contributed by atoms with Crippen LogP contribution in [0, 0.1) is 0 Å². The smallest absolute Gasteiger partial charge is 0.412 e. The Bertz CT molecular complexity index is 563. The molecular formula is C16H23ClN2O3. The van der Waals surface area contributed by atoms with E-state index in [0.29, 0.717) is 30.1 Å². The number of nitrogens with two attached hydrogens (primary N) is 1. The van der Waals surface area contributed by atoms with Crippen LogP contribution in [-0.4, -0.2) is 29.4 Å². The van der Waals surface area contributed by atoms with Gasteiger partial charge in [-0.05, 0) is 57.4 Å². The Labute approximate surface area is 135 Å². The summed E-state index contributed by atoms with van der Waals surface area (Å²) in [5.74, 6) is 0. The van der Waals surface area contributed by atoms with Gasteiger partial charge in [-0.3, -0.25) is 5.32 Å². The number of aliphatic hydroxyl groups is 1. The fourth-order valence-electron chi connectivity index (χ4n) is 2.77. The van der Waals surface area contributed by atoms with Crippen molar-refractivity contribution in [1.29, 1.82) is 0 Å². The van der Waals surface area contributed by atoms with Crippen molar-refractivity contribution in [3.8, 4) is 0 Å². The number of carbonyl (C=O) groups excluding carboxylic acids is 1. The molecule has 2 rings (SSSR count). The molecule has 1 saturated carbocycles. The van der Waals surface area contributed by atoms with E-state index >= 15 is 0 Å². The quantitative estimate of drug-likeness (QED) is 0.797. The molecule has 0 spiro atoms. The Morgan fingerprint density at radius 3 is 2.64 bits per heavy atom. The van der Waals surface area contributed by atoms with Crippen LogP contribution in [0.2, 0.25) is 5.02 Å². The molecule has 6 heteroatoms. The maximum Gasteiger partial charge on any atom is 0.412 e. The van der Waals surface area contributed by atoms with E-state index < -0.39 is 11.7 Å². The van der Waals surface area contributed by atoms with Gasteiger partial charge in [0, 0.05) is 22.7 Å². The molecule has 0 radical (unpaired) electrons. The van der Waals surface area contributed by atoms with Gasteiger partial charge < -0.3 is 15.6 Å². The molecule has 1 aliphatic carbocycles. The Balaban J connectivity index is 2.19. The number of benzene rings is 1. The fourth-order valence-corrected chi connectivity index (χ4v) is 3.09. The molecule has 1 aromatic carbocycles. The summed E-state index contributed by atoms with van der Waals surface area (Å²) >= 11 is 6.28. The zero-order chi connectivity index (χ0) is 16.5. The van der Waals surface area contributed by atoms with Gasteiger partial charge in [0.25, 0.3) is 0 Å². The first-order valence-corrected chi connectivity index (χ1v) is 7.71. The lowest BCUT2D eigenvalue weighted by molar-refractivity contribution is 0.0222. The maximum absolute atomic E-state index is 11.8. The molecule has 1 fully saturated rings. The van der Waals surface area contributed by atoms with Gasteiger partial charge >= 0.3 is 6.09 Å². The first-order chi connectivity index (χ1) is 10.1. The number of hydrogen-bond acceptors (Lipinski definition) is 4. The molecule has 22 heavy (non-hydrogen) atoms. The molecule has 122 valence electrons. The Kier molecular flexibility index (Phi) is 4.70. The summed E-state index contributed by atoms with van der Waals surface area (Å²) < 4.78 is 5.23. The van der Waals surface area contributed by atoms with Crippen LogP contribution >= 0.6 is 11.6 Å². The minimum Gasteiger partial charge on any atom is -0.444 e. The Morgan fingerprint density at radius 1 is 1.50 bits per heavy atom. The van der Waals surface area contributed by atoms with Crippen LogP contribution in [-0.2, 0) is 10.2 Å². The van der Waals surface area contributed by atoms with Crippen LogP contribution in [0.1, 0.15) is 39.2 Å². The lowest BCUT2D eigenvalue weighted by Crippen LogP contribution is -2.50. The summed E-state index contributed by atoms with van der Waals surface area (Å²) in [6.45, 7) is 5.82. The van der Waals surface area contributed by atoms with Crippen molar-refractivity contribution in [3.05, 3.63) is 28.8 Å². The van der Waals surface area contributed by atoms with Crippen molar-refractivity contribution >= 4 is 23.4 Å². The molecule has 1 aliphatic rings. The number of carbonyl (C=O) groups is 1. The van der Waals surface area contributed by atoms with Crippen LogP contribution in [0.5, 0.6) is 0 Å². The first kappa shape index (κ1) is 17.1. The largest absolute Gasteiger partial charge is 0.444 e. The molecule has 0 heterocycles. The van der Waals surface area contributed by atoms with E-state index in [0.717, 1.165) is 5.56 Å². The lowest BCUT2D eigenvalue weighted by Gasteiger charge is -2.45. The van der Waals surface area contributed by atoms with Gasteiger partial charge in [-0.15, -0.1) is 0 Å². The molecule has 0 aliphatic heterocycles. The average Bonchev–Trinajstić information content (AvgIpc) is 2.35. The first-order valence-electron chi connectivity index (χ1n) is 7.33. The standard InChI is InChI=1S/C16H23ClN2O3/c1-15(2,3)22-14(21)19-10-4-5-13(17)12(6-10)16(9-18)7-11(20)8-16/h4-6,11,20H,7-9,18H2,1-3H3,(H,19,21). The Morgan fingerprint density at radius 2 is 2.14 bits per heavy atom. The summed E-state index contributed by atoms with van der Waals surface area (Å²) in [6.07, 6.45) is 0.302. The van der Waals surface area contributed by atoms with Gasteiger partial charge in [0.15, 0.2) is 0 Å². The van der Waals surface area contributed by atoms with Crippen LogP contribution in [0.15, 0.2) is 18.2 Å². The number of anilines is 1. The summed E-state index contributed by atoms with van der Waals surface area (Å²) in [6, 6.07) is 5.26. The second kappa shape index (κ2) is 6.07. The molecular weight excluding hydrogens is 304 g/mol. The number of amides is 1. The third kappa shape index (κ3) is 3.72. The number of ether oxygens (including phenoxy) is 1. The highest BCUT2D eigenvalue weighted by molar-refractivity contribution is 6.31. The molecule has 0 aromatic heterocycles. The van der Waals surface area contributed by atoms with Gasteiger partial charge in [0.05, 0.1) is 6.10 Å². The fraction of sp³-hybridized carbons (Fsp3) is 0.562. The molecule has 5 nitrogen and oxygen atoms in total. The van der Waals surface area contributed by atoms with Crippen molar-refractivity contribution in [2.75, 3.05) is 11.9 Å². The van der Waals surface area contributed by atoms with Crippen molar-refractivity contribution in [1.82, 2.24) is 0 Å². The molecule has 1 aromatic rings. The molecule has 0 unspecified atom stereocenters. The maximum atomic E-state index is 11.8. The van der Waals surface area contributed by atoms with E-state index in [4.69, 9.17) is 22.1 Å². The van der Waals surface area contributed by atoms with Crippen LogP contribution in [0.3, 0.4) is 0 Å². The summed E-state index contributed by atoms with van der Waals surface area (Å²) in [5, 5.41) is 12.9. The van der Waals surface area contributed by atoms with E-state index in [1.807, 2.05) is 6.07 Å². The lowest BCUT2D eigenvalue weighted by atomic mass is 9.62. The zero-order valence-electron chi connectivity index (χ0n) is 13.1. The summed E-state index contributed by atoms with van der Waals surface area (Å²) in [7, 11) is 0. The molecule has 0 atom stereocenters. The van der Waals surface area contributed by atoms with Crippen molar-refractivity contribution in [2.24, 2.45) is 5.73 Å². The molecule has 4 N–H and O–H groups in total. The van der Waals surface area contributed by atoms with Gasteiger partial charge in [-0.25, -0.2) is 4.79 Å². The summed E-state index contributed by atoms with van der Waals surface area (Å²) in [4.78, 5) is 11.8. The minimum absolute atomic E-state index is 0.317. The number of aliphatic hydroxyl groups excluding tert-OH is 1. The van der Waals surface area contributed by atoms with Gasteiger partial charge in [0.2, 0.25) is 0 Å². The molecule has 1 amide bonds. The number of nitrogens with one attached hydrogen (secondary N) is 1. The van der Waals surface area contributed by atoms with E-state index in [-0.39, 0.29) is 11.5 Å². The highest BCUT2D eigenvalue weighted by atomic mass is 35.5. The average molecular weight is 327 g/mol. The van der Waals surface area contributed by atoms with E-state index in [2.05, 4.69) is 5.32 Å². The molecule has 0 bridgehead atoms. The number of hydrogen-bond donors (Lipinski definition) is 3. The SMILES string of the molecule is CC(C)(C)OC(=O)Nc1ccc(Cl)c(C2(CN)CC(O)C2)c1. The van der Waals surface area contributed by atoms with Crippen molar-refractivity contribution in [3.63, 3.8) is 0 Å².